The summed E-state index contributed by atoms with van der Waals surface area (Å²) in [5, 5.41) is 20.5. The Morgan fingerprint density at radius 3 is 2.84 bits per heavy atom. The average molecular weight is 296 g/mol. The van der Waals surface area contributed by atoms with Crippen molar-refractivity contribution < 1.29 is 9.90 Å². The third-order valence-corrected chi connectivity index (χ3v) is 3.58. The highest BCUT2D eigenvalue weighted by molar-refractivity contribution is 7.08. The van der Waals surface area contributed by atoms with Gasteiger partial charge in [0, 0.05) is 0 Å². The Labute approximate surface area is 116 Å². The number of H-pyrrole nitrogens is 1. The van der Waals surface area contributed by atoms with E-state index in [0.29, 0.717) is 0 Å². The molecule has 2 aromatic rings. The van der Waals surface area contributed by atoms with E-state index in [2.05, 4.69) is 9.69 Å². The molecule has 96 valence electrons. The zero-order chi connectivity index (χ0) is 14.0. The molecule has 1 heterocycles. The molecule has 0 fully saturated rings. The molecule has 0 spiro atoms. The zero-order valence-corrected chi connectivity index (χ0v) is 10.8. The standard InChI is InChI=1S/C11H6ClN3O3S/c12-8-9(19-15-10(8)17)11(18)14-6-3-5(4-13)1-2-7(6)16/h1-3,16H,(H,14,18)(H,15,17). The average Bonchev–Trinajstić information content (AvgIpc) is 2.73. The van der Waals surface area contributed by atoms with Crippen molar-refractivity contribution in [3.05, 3.63) is 44.0 Å². The number of hydrogen-bond acceptors (Lipinski definition) is 5. The lowest BCUT2D eigenvalue weighted by atomic mass is 10.2. The summed E-state index contributed by atoms with van der Waals surface area (Å²) >= 11 is 6.45. The number of aromatic amines is 1. The molecule has 0 unspecified atom stereocenters. The van der Waals surface area contributed by atoms with Crippen LogP contribution in [-0.4, -0.2) is 15.4 Å². The van der Waals surface area contributed by atoms with Crippen LogP contribution in [0.15, 0.2) is 23.0 Å². The molecule has 1 amide bonds. The number of nitriles is 1. The van der Waals surface area contributed by atoms with Gasteiger partial charge in [-0.05, 0) is 18.2 Å². The highest BCUT2D eigenvalue weighted by Gasteiger charge is 2.17. The second-order valence-corrected chi connectivity index (χ2v) is 4.67. The summed E-state index contributed by atoms with van der Waals surface area (Å²) < 4.78 is 2.32. The van der Waals surface area contributed by atoms with Crippen LogP contribution in [0.1, 0.15) is 15.2 Å². The number of amides is 1. The van der Waals surface area contributed by atoms with E-state index in [1.165, 1.54) is 18.2 Å². The molecular formula is C11H6ClN3O3S. The largest absolute Gasteiger partial charge is 0.506 e. The van der Waals surface area contributed by atoms with E-state index in [9.17, 15) is 14.7 Å². The van der Waals surface area contributed by atoms with Crippen LogP contribution in [0, 0.1) is 11.3 Å². The maximum Gasteiger partial charge on any atom is 0.277 e. The molecular weight excluding hydrogens is 290 g/mol. The van der Waals surface area contributed by atoms with Crippen LogP contribution >= 0.6 is 23.1 Å². The van der Waals surface area contributed by atoms with E-state index < -0.39 is 11.5 Å². The normalized spacial score (nSPS) is 9.89. The SMILES string of the molecule is N#Cc1ccc(O)c(NC(=O)c2s[nH]c(=O)c2Cl)c1. The lowest BCUT2D eigenvalue weighted by Gasteiger charge is -2.06. The van der Waals surface area contributed by atoms with E-state index in [1.807, 2.05) is 6.07 Å². The molecule has 0 atom stereocenters. The van der Waals surface area contributed by atoms with Gasteiger partial charge in [0.1, 0.15) is 15.6 Å². The molecule has 8 heteroatoms. The van der Waals surface area contributed by atoms with Gasteiger partial charge in [0.15, 0.2) is 0 Å². The summed E-state index contributed by atoms with van der Waals surface area (Å²) in [6, 6.07) is 5.89. The van der Waals surface area contributed by atoms with Crippen LogP contribution in [0.5, 0.6) is 5.75 Å². The minimum Gasteiger partial charge on any atom is -0.506 e. The van der Waals surface area contributed by atoms with E-state index in [0.717, 1.165) is 11.5 Å². The highest BCUT2D eigenvalue weighted by Crippen LogP contribution is 2.25. The first kappa shape index (κ1) is 13.1. The molecule has 19 heavy (non-hydrogen) atoms. The monoisotopic (exact) mass is 295 g/mol. The van der Waals surface area contributed by atoms with Crippen molar-refractivity contribution in [3.63, 3.8) is 0 Å². The summed E-state index contributed by atoms with van der Waals surface area (Å²) in [7, 11) is 0. The van der Waals surface area contributed by atoms with Crippen LogP contribution < -0.4 is 10.9 Å². The molecule has 0 saturated carbocycles. The molecule has 0 saturated heterocycles. The Morgan fingerprint density at radius 1 is 1.53 bits per heavy atom. The van der Waals surface area contributed by atoms with Crippen molar-refractivity contribution in [3.8, 4) is 11.8 Å². The summed E-state index contributed by atoms with van der Waals surface area (Å²) in [5.74, 6) is -0.829. The molecule has 0 aliphatic rings. The predicted octanol–water partition coefficient (Wildman–Crippen LogP) is 1.92. The number of phenols is 1. The minimum absolute atomic E-state index is 0.00780. The number of anilines is 1. The van der Waals surface area contributed by atoms with E-state index in [1.54, 1.807) is 0 Å². The van der Waals surface area contributed by atoms with Crippen LogP contribution in [0.25, 0.3) is 0 Å². The van der Waals surface area contributed by atoms with Crippen molar-refractivity contribution in [1.82, 2.24) is 4.37 Å². The number of nitrogens with one attached hydrogen (secondary N) is 2. The van der Waals surface area contributed by atoms with Gasteiger partial charge in [0.05, 0.1) is 17.3 Å². The maximum atomic E-state index is 11.9. The van der Waals surface area contributed by atoms with Gasteiger partial charge in [-0.2, -0.15) is 5.26 Å². The highest BCUT2D eigenvalue weighted by atomic mass is 35.5. The number of hydrogen-bond donors (Lipinski definition) is 3. The Morgan fingerprint density at radius 2 is 2.26 bits per heavy atom. The molecule has 2 rings (SSSR count). The quantitative estimate of drug-likeness (QED) is 0.736. The first-order valence-electron chi connectivity index (χ1n) is 4.94. The fourth-order valence-corrected chi connectivity index (χ4v) is 2.25. The Balaban J connectivity index is 2.32. The fraction of sp³-hybridized carbons (Fsp3) is 0. The van der Waals surface area contributed by atoms with Gasteiger partial charge in [-0.3, -0.25) is 14.0 Å². The minimum atomic E-state index is -0.640. The number of rotatable bonds is 2. The first-order valence-corrected chi connectivity index (χ1v) is 6.14. The number of aromatic hydroxyl groups is 1. The summed E-state index contributed by atoms with van der Waals surface area (Å²) in [4.78, 5) is 23.0. The lowest BCUT2D eigenvalue weighted by molar-refractivity contribution is 0.103. The number of phenolic OH excluding ortho intramolecular Hbond substituents is 1. The number of carbonyl (C=O) groups is 1. The molecule has 1 aromatic carbocycles. The second kappa shape index (κ2) is 5.14. The van der Waals surface area contributed by atoms with Crippen molar-refractivity contribution in [2.45, 2.75) is 0 Å². The Kier molecular flexibility index (Phi) is 3.55. The second-order valence-electron chi connectivity index (χ2n) is 3.47. The van der Waals surface area contributed by atoms with E-state index in [-0.39, 0.29) is 26.9 Å². The summed E-state index contributed by atoms with van der Waals surface area (Å²) in [6.45, 7) is 0. The smallest absolute Gasteiger partial charge is 0.277 e. The van der Waals surface area contributed by atoms with Crippen molar-refractivity contribution in [2.75, 3.05) is 5.32 Å². The molecule has 1 aromatic heterocycles. The number of benzene rings is 1. The molecule has 3 N–H and O–H groups in total. The third kappa shape index (κ3) is 2.59. The van der Waals surface area contributed by atoms with E-state index >= 15 is 0 Å². The van der Waals surface area contributed by atoms with Crippen LogP contribution in [0.2, 0.25) is 5.02 Å². The van der Waals surface area contributed by atoms with Crippen molar-refractivity contribution >= 4 is 34.7 Å². The van der Waals surface area contributed by atoms with E-state index in [4.69, 9.17) is 16.9 Å². The first-order chi connectivity index (χ1) is 9.02. The van der Waals surface area contributed by atoms with Gasteiger partial charge in [-0.1, -0.05) is 23.1 Å². The molecule has 0 aliphatic carbocycles. The van der Waals surface area contributed by atoms with Crippen LogP contribution in [-0.2, 0) is 0 Å². The zero-order valence-electron chi connectivity index (χ0n) is 9.23. The maximum absolute atomic E-state index is 11.9. The summed E-state index contributed by atoms with van der Waals surface area (Å²) in [6.07, 6.45) is 0. The van der Waals surface area contributed by atoms with Gasteiger partial charge in [0.2, 0.25) is 0 Å². The van der Waals surface area contributed by atoms with Crippen molar-refractivity contribution in [2.24, 2.45) is 0 Å². The molecule has 0 bridgehead atoms. The number of halogens is 1. The van der Waals surface area contributed by atoms with Gasteiger partial charge >= 0.3 is 0 Å². The molecule has 0 radical (unpaired) electrons. The van der Waals surface area contributed by atoms with Crippen LogP contribution in [0.3, 0.4) is 0 Å². The molecule has 6 nitrogen and oxygen atoms in total. The van der Waals surface area contributed by atoms with Gasteiger partial charge in [-0.15, -0.1) is 0 Å². The molecule has 0 aliphatic heterocycles. The number of aromatic nitrogens is 1. The van der Waals surface area contributed by atoms with Crippen molar-refractivity contribution in [1.29, 1.82) is 5.26 Å². The number of carbonyl (C=O) groups excluding carboxylic acids is 1. The lowest BCUT2D eigenvalue weighted by Crippen LogP contribution is -2.12. The number of nitrogens with zero attached hydrogens (tertiary/aromatic N) is 1. The van der Waals surface area contributed by atoms with Gasteiger partial charge < -0.3 is 10.4 Å². The Hall–Kier alpha value is -2.30. The fourth-order valence-electron chi connectivity index (χ4n) is 1.32. The Bertz CT molecular complexity index is 744. The van der Waals surface area contributed by atoms with Gasteiger partial charge in [-0.25, -0.2) is 0 Å². The third-order valence-electron chi connectivity index (χ3n) is 2.22. The predicted molar refractivity (Wildman–Crippen MR) is 70.7 cm³/mol. The van der Waals surface area contributed by atoms with Gasteiger partial charge in [0.25, 0.3) is 11.5 Å². The summed E-state index contributed by atoms with van der Waals surface area (Å²) in [5.41, 5.74) is -0.200. The topological polar surface area (TPSA) is 106 Å². The van der Waals surface area contributed by atoms with Crippen LogP contribution in [0.4, 0.5) is 5.69 Å².